The largest absolute Gasteiger partial charge is 0.461 e. The second-order valence-electron chi connectivity index (χ2n) is 14.3. The first-order valence-electron chi connectivity index (χ1n) is 15.7. The summed E-state index contributed by atoms with van der Waals surface area (Å²) in [7, 11) is 0. The molecule has 42 heavy (non-hydrogen) atoms. The lowest BCUT2D eigenvalue weighted by Gasteiger charge is -2.63. The van der Waals surface area contributed by atoms with E-state index in [1.807, 2.05) is 0 Å². The van der Waals surface area contributed by atoms with Crippen molar-refractivity contribution in [3.8, 4) is 0 Å². The molecule has 11 nitrogen and oxygen atoms in total. The Bertz CT molecular complexity index is 1100. The monoisotopic (exact) mass is 593 g/mol. The van der Waals surface area contributed by atoms with Gasteiger partial charge in [0.15, 0.2) is 0 Å². The molecule has 13 atom stereocenters. The Balaban J connectivity index is 1.06. The minimum Gasteiger partial charge on any atom is -0.461 e. The molecule has 6 rings (SSSR count). The number of cyclic esters (lactones) is 1. The van der Waals surface area contributed by atoms with Gasteiger partial charge in [-0.15, -0.1) is 0 Å². The number of rotatable bonds is 6. The van der Waals surface area contributed by atoms with E-state index in [0.717, 1.165) is 63.4 Å². The first-order chi connectivity index (χ1) is 19.9. The highest BCUT2D eigenvalue weighted by Crippen LogP contribution is 2.70. The van der Waals surface area contributed by atoms with Gasteiger partial charge in [0, 0.05) is 11.5 Å². The number of carbonyl (C=O) groups is 2. The number of hydrogen-bond donors (Lipinski definition) is 6. The van der Waals surface area contributed by atoms with Crippen LogP contribution in [0.1, 0.15) is 71.6 Å². The molecule has 0 aromatic rings. The molecule has 0 bridgehead atoms. The molecule has 0 amide bonds. The number of nitrogens with one attached hydrogen (secondary N) is 1. The van der Waals surface area contributed by atoms with Gasteiger partial charge in [-0.2, -0.15) is 0 Å². The Labute approximate surface area is 246 Å². The Kier molecular flexibility index (Phi) is 8.03. The van der Waals surface area contributed by atoms with Gasteiger partial charge in [-0.1, -0.05) is 13.8 Å². The van der Waals surface area contributed by atoms with Crippen LogP contribution in [0.15, 0.2) is 11.6 Å². The zero-order chi connectivity index (χ0) is 30.0. The van der Waals surface area contributed by atoms with E-state index in [9.17, 15) is 35.1 Å². The Morgan fingerprint density at radius 1 is 1.02 bits per heavy atom. The van der Waals surface area contributed by atoms with Crippen LogP contribution < -0.4 is 5.32 Å². The molecule has 236 valence electrons. The van der Waals surface area contributed by atoms with E-state index in [-0.39, 0.29) is 41.3 Å². The number of hydrogen-bond acceptors (Lipinski definition) is 11. The van der Waals surface area contributed by atoms with E-state index in [1.165, 1.54) is 0 Å². The van der Waals surface area contributed by atoms with Crippen molar-refractivity contribution in [2.45, 2.75) is 114 Å². The highest BCUT2D eigenvalue weighted by Gasteiger charge is 2.67. The normalized spacial score (nSPS) is 50.3. The fraction of sp³-hybridized carbons (Fsp3) is 0.871. The molecule has 6 aliphatic rings. The second kappa shape index (κ2) is 11.1. The van der Waals surface area contributed by atoms with Gasteiger partial charge in [0.05, 0.1) is 18.8 Å². The van der Waals surface area contributed by atoms with Gasteiger partial charge in [0.2, 0.25) is 0 Å². The Morgan fingerprint density at radius 2 is 1.81 bits per heavy atom. The van der Waals surface area contributed by atoms with Gasteiger partial charge >= 0.3 is 11.9 Å². The standard InChI is InChI=1S/C31H47NO10/c1-29-8-5-18(41-24(35)13-32-28-27(38)26(37)25(36)22(14-33)42-28)12-17(29)3-4-21-20(29)6-9-30(2)19(7-10-31(21,30)39)16-11-23(34)40-15-16/h11,17-22,25-28,32-33,36-39H,3-10,12-15H2,1-2H3/t17-,18+,19-,20+,21-,22+,25+,26-,27+,28?,29+,30-,31+/m1/s1. The Morgan fingerprint density at radius 3 is 2.52 bits per heavy atom. The van der Waals surface area contributed by atoms with Crippen LogP contribution in [0.2, 0.25) is 0 Å². The van der Waals surface area contributed by atoms with Crippen LogP contribution in [0.3, 0.4) is 0 Å². The lowest BCUT2D eigenvalue weighted by molar-refractivity contribution is -0.236. The summed E-state index contributed by atoms with van der Waals surface area (Å²) in [5.41, 5.74) is 0.0691. The quantitative estimate of drug-likeness (QED) is 0.237. The fourth-order valence-electron chi connectivity index (χ4n) is 10.2. The number of carbonyl (C=O) groups excluding carboxylic acids is 2. The third-order valence-corrected chi connectivity index (χ3v) is 12.6. The van der Waals surface area contributed by atoms with E-state index >= 15 is 0 Å². The predicted molar refractivity (Wildman–Crippen MR) is 147 cm³/mol. The predicted octanol–water partition coefficient (Wildman–Crippen LogP) is 0.545. The molecule has 1 saturated heterocycles. The minimum absolute atomic E-state index is 0.0568. The third-order valence-electron chi connectivity index (χ3n) is 12.6. The second-order valence-corrected chi connectivity index (χ2v) is 14.3. The maximum absolute atomic E-state index is 12.7. The average Bonchev–Trinajstić information content (AvgIpc) is 3.51. The van der Waals surface area contributed by atoms with E-state index in [2.05, 4.69) is 19.2 Å². The first kappa shape index (κ1) is 30.4. The van der Waals surface area contributed by atoms with Crippen LogP contribution in [0.4, 0.5) is 0 Å². The maximum Gasteiger partial charge on any atom is 0.331 e. The molecule has 0 aromatic carbocycles. The van der Waals surface area contributed by atoms with Crippen molar-refractivity contribution in [3.05, 3.63) is 11.6 Å². The van der Waals surface area contributed by atoms with Crippen molar-refractivity contribution < 1.29 is 49.3 Å². The van der Waals surface area contributed by atoms with Crippen LogP contribution in [0, 0.1) is 34.5 Å². The van der Waals surface area contributed by atoms with Crippen molar-refractivity contribution in [1.29, 1.82) is 0 Å². The SMILES string of the molecule is C[C@]12CC[C@H](OC(=O)CNC3O[C@@H](CO)[C@H](O)[C@@H](O)[C@@H]3O)C[C@H]1CC[C@@H]1[C@@H]2CC[C@]2(C)[C@@H](C3=CC(=O)OC3)CC[C@]12O. The average molecular weight is 594 g/mol. The van der Waals surface area contributed by atoms with E-state index in [4.69, 9.17) is 14.2 Å². The molecule has 0 spiro atoms. The molecule has 2 aliphatic heterocycles. The van der Waals surface area contributed by atoms with Crippen LogP contribution in [-0.2, 0) is 23.8 Å². The fourth-order valence-corrected chi connectivity index (χ4v) is 10.2. The minimum atomic E-state index is -1.51. The van der Waals surface area contributed by atoms with Crippen LogP contribution >= 0.6 is 0 Å². The van der Waals surface area contributed by atoms with Gasteiger partial charge in [-0.3, -0.25) is 10.1 Å². The van der Waals surface area contributed by atoms with Crippen molar-refractivity contribution in [1.82, 2.24) is 5.32 Å². The van der Waals surface area contributed by atoms with Gasteiger partial charge in [0.1, 0.15) is 43.4 Å². The van der Waals surface area contributed by atoms with E-state index < -0.39 is 48.8 Å². The van der Waals surface area contributed by atoms with Gasteiger partial charge < -0.3 is 39.7 Å². The van der Waals surface area contributed by atoms with Gasteiger partial charge in [-0.05, 0) is 92.4 Å². The number of aliphatic hydroxyl groups is 5. The number of esters is 2. The molecule has 4 aliphatic carbocycles. The molecule has 5 fully saturated rings. The highest BCUT2D eigenvalue weighted by molar-refractivity contribution is 5.85. The summed E-state index contributed by atoms with van der Waals surface area (Å²) in [6, 6.07) is 0. The molecule has 0 aromatic heterocycles. The van der Waals surface area contributed by atoms with Crippen molar-refractivity contribution >= 4 is 11.9 Å². The topological polar surface area (TPSA) is 175 Å². The first-order valence-corrected chi connectivity index (χ1v) is 15.7. The van der Waals surface area contributed by atoms with E-state index in [1.54, 1.807) is 6.08 Å². The maximum atomic E-state index is 12.7. The third kappa shape index (κ3) is 4.74. The molecule has 6 N–H and O–H groups in total. The van der Waals surface area contributed by atoms with Gasteiger partial charge in [0.25, 0.3) is 0 Å². The Hall–Kier alpha value is -1.60. The molecule has 1 unspecified atom stereocenters. The summed E-state index contributed by atoms with van der Waals surface area (Å²) < 4.78 is 16.5. The van der Waals surface area contributed by atoms with Crippen molar-refractivity contribution in [3.63, 3.8) is 0 Å². The zero-order valence-corrected chi connectivity index (χ0v) is 24.6. The van der Waals surface area contributed by atoms with Gasteiger partial charge in [-0.25, -0.2) is 4.79 Å². The number of ether oxygens (including phenoxy) is 3. The highest BCUT2D eigenvalue weighted by atomic mass is 16.6. The van der Waals surface area contributed by atoms with E-state index in [0.29, 0.717) is 18.4 Å². The summed E-state index contributed by atoms with van der Waals surface area (Å²) in [5.74, 6) is 0.408. The lowest BCUT2D eigenvalue weighted by Crippen LogP contribution is -2.63. The van der Waals surface area contributed by atoms with Crippen LogP contribution in [-0.4, -0.2) is 99.6 Å². The zero-order valence-electron chi connectivity index (χ0n) is 24.6. The van der Waals surface area contributed by atoms with Crippen LogP contribution in [0.5, 0.6) is 0 Å². The van der Waals surface area contributed by atoms with Crippen LogP contribution in [0.25, 0.3) is 0 Å². The molecule has 4 saturated carbocycles. The number of aliphatic hydroxyl groups excluding tert-OH is 4. The molecular formula is C31H47NO10. The molecular weight excluding hydrogens is 546 g/mol. The molecule has 0 radical (unpaired) electrons. The molecule has 2 heterocycles. The van der Waals surface area contributed by atoms with Crippen molar-refractivity contribution in [2.24, 2.45) is 34.5 Å². The van der Waals surface area contributed by atoms with Crippen molar-refractivity contribution in [2.75, 3.05) is 19.8 Å². The summed E-state index contributed by atoms with van der Waals surface area (Å²) in [6.07, 6.45) is 2.76. The summed E-state index contributed by atoms with van der Waals surface area (Å²) in [4.78, 5) is 24.5. The smallest absolute Gasteiger partial charge is 0.331 e. The molecule has 11 heteroatoms. The number of fused-ring (bicyclic) bond motifs is 5. The summed E-state index contributed by atoms with van der Waals surface area (Å²) in [5, 5.41) is 54.6. The summed E-state index contributed by atoms with van der Waals surface area (Å²) in [6.45, 7) is 4.17. The lowest BCUT2D eigenvalue weighted by atomic mass is 9.43. The summed E-state index contributed by atoms with van der Waals surface area (Å²) >= 11 is 0.